The first-order valence-corrected chi connectivity index (χ1v) is 9.22. The molecule has 2 aliphatic carbocycles. The van der Waals surface area contributed by atoms with Gasteiger partial charge in [0.1, 0.15) is 0 Å². The Kier molecular flexibility index (Phi) is 4.03. The summed E-state index contributed by atoms with van der Waals surface area (Å²) in [7, 11) is -1.79. The van der Waals surface area contributed by atoms with E-state index in [4.69, 9.17) is 11.6 Å². The van der Waals surface area contributed by atoms with E-state index in [1.54, 1.807) is 13.1 Å². The van der Waals surface area contributed by atoms with Crippen LogP contribution in [-0.2, 0) is 16.6 Å². The van der Waals surface area contributed by atoms with Gasteiger partial charge in [0.15, 0.2) is 0 Å². The smallest absolute Gasteiger partial charge is 0.243 e. The summed E-state index contributed by atoms with van der Waals surface area (Å²) >= 11 is 6.15. The SMILES string of the molecule is Cc1c(CNC2CC2)cc(Cl)cc1S(=O)(=O)N(C)C1CC1. The molecule has 1 N–H and O–H groups in total. The Morgan fingerprint density at radius 2 is 1.95 bits per heavy atom. The lowest BCUT2D eigenvalue weighted by Gasteiger charge is -2.20. The Bertz CT molecular complexity index is 652. The summed E-state index contributed by atoms with van der Waals surface area (Å²) in [5, 5.41) is 3.90. The fraction of sp³-hybridized carbons (Fsp3) is 0.600. The van der Waals surface area contributed by atoms with Crippen LogP contribution < -0.4 is 5.32 Å². The van der Waals surface area contributed by atoms with Crippen molar-refractivity contribution in [3.8, 4) is 0 Å². The first-order chi connectivity index (χ1) is 9.89. The molecule has 3 rings (SSSR count). The monoisotopic (exact) mass is 328 g/mol. The minimum atomic E-state index is -3.45. The van der Waals surface area contributed by atoms with E-state index < -0.39 is 10.0 Å². The Morgan fingerprint density at radius 1 is 1.29 bits per heavy atom. The predicted molar refractivity (Wildman–Crippen MR) is 84.0 cm³/mol. The zero-order valence-corrected chi connectivity index (χ0v) is 14.0. The molecule has 0 amide bonds. The van der Waals surface area contributed by atoms with Crippen molar-refractivity contribution in [2.45, 2.75) is 56.1 Å². The lowest BCUT2D eigenvalue weighted by molar-refractivity contribution is 0.463. The molecule has 2 aliphatic rings. The number of rotatable bonds is 6. The van der Waals surface area contributed by atoms with Crippen LogP contribution in [0.25, 0.3) is 0 Å². The van der Waals surface area contributed by atoms with Crippen molar-refractivity contribution in [3.63, 3.8) is 0 Å². The first kappa shape index (κ1) is 15.3. The van der Waals surface area contributed by atoms with Crippen LogP contribution in [0.1, 0.15) is 36.8 Å². The van der Waals surface area contributed by atoms with Gasteiger partial charge in [-0.15, -0.1) is 0 Å². The van der Waals surface area contributed by atoms with Gasteiger partial charge < -0.3 is 5.32 Å². The van der Waals surface area contributed by atoms with E-state index in [0.29, 0.717) is 22.5 Å². The first-order valence-electron chi connectivity index (χ1n) is 7.40. The highest BCUT2D eigenvalue weighted by Crippen LogP contribution is 2.33. The van der Waals surface area contributed by atoms with Gasteiger partial charge in [-0.25, -0.2) is 8.42 Å². The summed E-state index contributed by atoms with van der Waals surface area (Å²) in [4.78, 5) is 0.344. The second kappa shape index (κ2) is 5.54. The number of halogens is 1. The van der Waals surface area contributed by atoms with Gasteiger partial charge >= 0.3 is 0 Å². The second-order valence-corrected chi connectivity index (χ2v) is 8.50. The van der Waals surface area contributed by atoms with Crippen molar-refractivity contribution < 1.29 is 8.42 Å². The Hall–Kier alpha value is -0.620. The second-order valence-electron chi connectivity index (χ2n) is 6.10. The number of hydrogen-bond donors (Lipinski definition) is 1. The third kappa shape index (κ3) is 3.26. The van der Waals surface area contributed by atoms with Gasteiger partial charge in [0, 0.05) is 30.7 Å². The van der Waals surface area contributed by atoms with Crippen LogP contribution in [0, 0.1) is 6.92 Å². The molecule has 0 heterocycles. The average Bonchev–Trinajstić information content (AvgIpc) is 3.30. The van der Waals surface area contributed by atoms with Gasteiger partial charge in [-0.05, 0) is 55.9 Å². The topological polar surface area (TPSA) is 49.4 Å². The lowest BCUT2D eigenvalue weighted by Crippen LogP contribution is -2.30. The van der Waals surface area contributed by atoms with Crippen molar-refractivity contribution in [2.24, 2.45) is 0 Å². The Labute approximate surface area is 131 Å². The van der Waals surface area contributed by atoms with Crippen molar-refractivity contribution in [1.29, 1.82) is 0 Å². The standard InChI is InChI=1S/C15H21ClN2O2S/c1-10-11(9-17-13-3-4-13)7-12(16)8-15(10)21(19,20)18(2)14-5-6-14/h7-8,13-14,17H,3-6,9H2,1-2H3. The quantitative estimate of drug-likeness (QED) is 0.873. The van der Waals surface area contributed by atoms with Gasteiger partial charge in [-0.2, -0.15) is 4.31 Å². The molecule has 2 saturated carbocycles. The molecule has 0 bridgehead atoms. The maximum atomic E-state index is 12.7. The molecule has 1 aromatic carbocycles. The highest BCUT2D eigenvalue weighted by molar-refractivity contribution is 7.89. The maximum absolute atomic E-state index is 12.7. The minimum absolute atomic E-state index is 0.154. The van der Waals surface area contributed by atoms with Gasteiger partial charge in [-0.1, -0.05) is 11.6 Å². The fourth-order valence-corrected chi connectivity index (χ4v) is 4.50. The van der Waals surface area contributed by atoms with Crippen molar-refractivity contribution in [1.82, 2.24) is 9.62 Å². The van der Waals surface area contributed by atoms with Crippen LogP contribution >= 0.6 is 11.6 Å². The molecule has 1 aromatic rings. The predicted octanol–water partition coefficient (Wildman–Crippen LogP) is 2.68. The van der Waals surface area contributed by atoms with E-state index in [1.807, 2.05) is 13.0 Å². The summed E-state index contributed by atoms with van der Waals surface area (Å²) in [5.74, 6) is 0. The minimum Gasteiger partial charge on any atom is -0.310 e. The molecule has 0 atom stereocenters. The molecule has 2 fully saturated rings. The van der Waals surface area contributed by atoms with E-state index in [1.165, 1.54) is 17.1 Å². The Balaban J connectivity index is 1.92. The highest BCUT2D eigenvalue weighted by atomic mass is 35.5. The molecule has 0 unspecified atom stereocenters. The number of sulfonamides is 1. The molecule has 116 valence electrons. The summed E-state index contributed by atoms with van der Waals surface area (Å²) < 4.78 is 27.0. The van der Waals surface area contributed by atoms with Crippen LogP contribution in [-0.4, -0.2) is 31.9 Å². The number of benzene rings is 1. The third-order valence-electron chi connectivity index (χ3n) is 4.31. The molecule has 0 aliphatic heterocycles. The summed E-state index contributed by atoms with van der Waals surface area (Å²) in [6.45, 7) is 2.54. The van der Waals surface area contributed by atoms with E-state index in [2.05, 4.69) is 5.32 Å². The zero-order chi connectivity index (χ0) is 15.2. The molecule has 0 aromatic heterocycles. The number of nitrogens with zero attached hydrogens (tertiary/aromatic N) is 1. The molecular weight excluding hydrogens is 308 g/mol. The van der Waals surface area contributed by atoms with Crippen molar-refractivity contribution >= 4 is 21.6 Å². The molecular formula is C15H21ClN2O2S. The van der Waals surface area contributed by atoms with Gasteiger partial charge in [-0.3, -0.25) is 0 Å². The zero-order valence-electron chi connectivity index (χ0n) is 12.4. The summed E-state index contributed by atoms with van der Waals surface area (Å²) in [5.41, 5.74) is 1.78. The van der Waals surface area contributed by atoms with E-state index in [-0.39, 0.29) is 6.04 Å². The molecule has 4 nitrogen and oxygen atoms in total. The number of nitrogens with one attached hydrogen (secondary N) is 1. The average molecular weight is 329 g/mol. The molecule has 21 heavy (non-hydrogen) atoms. The maximum Gasteiger partial charge on any atom is 0.243 e. The van der Waals surface area contributed by atoms with E-state index >= 15 is 0 Å². The van der Waals surface area contributed by atoms with Crippen LogP contribution in [0.15, 0.2) is 17.0 Å². The summed E-state index contributed by atoms with van der Waals surface area (Å²) in [6, 6.07) is 4.17. The number of hydrogen-bond acceptors (Lipinski definition) is 3. The van der Waals surface area contributed by atoms with Crippen LogP contribution in [0.3, 0.4) is 0 Å². The fourth-order valence-electron chi connectivity index (χ4n) is 2.49. The van der Waals surface area contributed by atoms with Gasteiger partial charge in [0.05, 0.1) is 4.90 Å². The largest absolute Gasteiger partial charge is 0.310 e. The highest BCUT2D eigenvalue weighted by Gasteiger charge is 2.36. The van der Waals surface area contributed by atoms with E-state index in [9.17, 15) is 8.42 Å². The lowest BCUT2D eigenvalue weighted by atomic mass is 10.1. The van der Waals surface area contributed by atoms with Crippen molar-refractivity contribution in [2.75, 3.05) is 7.05 Å². The van der Waals surface area contributed by atoms with Gasteiger partial charge in [0.25, 0.3) is 0 Å². The van der Waals surface area contributed by atoms with Gasteiger partial charge in [0.2, 0.25) is 10.0 Å². The molecule has 0 saturated heterocycles. The summed E-state index contributed by atoms with van der Waals surface area (Å²) in [6.07, 6.45) is 4.31. The normalized spacial score (nSPS) is 19.2. The van der Waals surface area contributed by atoms with Crippen LogP contribution in [0.5, 0.6) is 0 Å². The van der Waals surface area contributed by atoms with Crippen molar-refractivity contribution in [3.05, 3.63) is 28.3 Å². The molecule has 0 radical (unpaired) electrons. The van der Waals surface area contributed by atoms with Crippen LogP contribution in [0.4, 0.5) is 0 Å². The molecule has 6 heteroatoms. The Morgan fingerprint density at radius 3 is 2.52 bits per heavy atom. The van der Waals surface area contributed by atoms with E-state index in [0.717, 1.165) is 24.0 Å². The molecule has 0 spiro atoms. The van der Waals surface area contributed by atoms with Crippen LogP contribution in [0.2, 0.25) is 5.02 Å². The third-order valence-corrected chi connectivity index (χ3v) is 6.56.